The molecule has 0 aliphatic carbocycles. The molecular formula is C15H19N3OS. The summed E-state index contributed by atoms with van der Waals surface area (Å²) in [5.41, 5.74) is 1.73. The van der Waals surface area contributed by atoms with Crippen LogP contribution in [0.2, 0.25) is 0 Å². The van der Waals surface area contributed by atoms with Gasteiger partial charge in [0.05, 0.1) is 5.69 Å². The highest BCUT2D eigenvalue weighted by Gasteiger charge is 2.15. The second-order valence-corrected chi connectivity index (χ2v) is 5.64. The van der Waals surface area contributed by atoms with Crippen molar-refractivity contribution < 1.29 is 4.79 Å². The SMILES string of the molecule is CCCCCNC(=O)c1sc(-c2cccnc2)nc1C. The third-order valence-corrected chi connectivity index (χ3v) is 4.18. The van der Waals surface area contributed by atoms with E-state index in [1.165, 1.54) is 11.3 Å². The van der Waals surface area contributed by atoms with Crippen LogP contribution in [0.15, 0.2) is 24.5 Å². The average Bonchev–Trinajstić information content (AvgIpc) is 2.86. The second kappa shape index (κ2) is 7.14. The van der Waals surface area contributed by atoms with Crippen LogP contribution < -0.4 is 5.32 Å². The number of aryl methyl sites for hydroxylation is 1. The van der Waals surface area contributed by atoms with Gasteiger partial charge in [-0.2, -0.15) is 0 Å². The monoisotopic (exact) mass is 289 g/mol. The van der Waals surface area contributed by atoms with Crippen molar-refractivity contribution in [3.63, 3.8) is 0 Å². The summed E-state index contributed by atoms with van der Waals surface area (Å²) in [6.07, 6.45) is 6.81. The van der Waals surface area contributed by atoms with Crippen molar-refractivity contribution in [3.8, 4) is 10.6 Å². The predicted octanol–water partition coefficient (Wildman–Crippen LogP) is 3.43. The molecule has 2 heterocycles. The molecule has 0 bridgehead atoms. The van der Waals surface area contributed by atoms with Crippen molar-refractivity contribution >= 4 is 17.2 Å². The number of thiazole rings is 1. The van der Waals surface area contributed by atoms with Crippen LogP contribution in [0.3, 0.4) is 0 Å². The van der Waals surface area contributed by atoms with Gasteiger partial charge in [0.25, 0.3) is 5.91 Å². The number of carbonyl (C=O) groups is 1. The van der Waals surface area contributed by atoms with E-state index in [9.17, 15) is 4.79 Å². The van der Waals surface area contributed by atoms with E-state index < -0.39 is 0 Å². The molecule has 0 spiro atoms. The molecule has 4 nitrogen and oxygen atoms in total. The summed E-state index contributed by atoms with van der Waals surface area (Å²) in [6.45, 7) is 4.75. The van der Waals surface area contributed by atoms with Crippen molar-refractivity contribution in [2.45, 2.75) is 33.1 Å². The molecule has 1 amide bonds. The van der Waals surface area contributed by atoms with E-state index in [2.05, 4.69) is 22.2 Å². The van der Waals surface area contributed by atoms with E-state index in [0.717, 1.165) is 42.1 Å². The fourth-order valence-corrected chi connectivity index (χ4v) is 2.85. The van der Waals surface area contributed by atoms with Gasteiger partial charge in [0.1, 0.15) is 9.88 Å². The van der Waals surface area contributed by atoms with E-state index in [1.807, 2.05) is 19.1 Å². The molecule has 2 aromatic heterocycles. The molecule has 106 valence electrons. The van der Waals surface area contributed by atoms with E-state index in [-0.39, 0.29) is 5.91 Å². The Labute approximate surface area is 123 Å². The van der Waals surface area contributed by atoms with Gasteiger partial charge in [0.15, 0.2) is 0 Å². The summed E-state index contributed by atoms with van der Waals surface area (Å²) in [7, 11) is 0. The van der Waals surface area contributed by atoms with Gasteiger partial charge < -0.3 is 5.32 Å². The summed E-state index contributed by atoms with van der Waals surface area (Å²) in [4.78, 5) is 21.4. The van der Waals surface area contributed by atoms with E-state index in [0.29, 0.717) is 4.88 Å². The molecule has 0 fully saturated rings. The lowest BCUT2D eigenvalue weighted by molar-refractivity contribution is 0.0956. The standard InChI is InChI=1S/C15H19N3OS/c1-3-4-5-9-17-14(19)13-11(2)18-15(20-13)12-7-6-8-16-10-12/h6-8,10H,3-5,9H2,1-2H3,(H,17,19). The molecule has 0 radical (unpaired) electrons. The minimum absolute atomic E-state index is 0.0220. The fourth-order valence-electron chi connectivity index (χ4n) is 1.88. The highest BCUT2D eigenvalue weighted by Crippen LogP contribution is 2.27. The number of carbonyl (C=O) groups excluding carboxylic acids is 1. The largest absolute Gasteiger partial charge is 0.351 e. The topological polar surface area (TPSA) is 54.9 Å². The van der Waals surface area contributed by atoms with Crippen molar-refractivity contribution in [1.82, 2.24) is 15.3 Å². The number of rotatable bonds is 6. The lowest BCUT2D eigenvalue weighted by atomic mass is 10.2. The Balaban J connectivity index is 2.06. The van der Waals surface area contributed by atoms with Gasteiger partial charge in [-0.15, -0.1) is 11.3 Å². The van der Waals surface area contributed by atoms with Crippen LogP contribution >= 0.6 is 11.3 Å². The van der Waals surface area contributed by atoms with E-state index in [1.54, 1.807) is 12.4 Å². The maximum Gasteiger partial charge on any atom is 0.263 e. The summed E-state index contributed by atoms with van der Waals surface area (Å²) in [5, 5.41) is 3.80. The Bertz CT molecular complexity index is 566. The Kier molecular flexibility index (Phi) is 5.24. The maximum absolute atomic E-state index is 12.1. The van der Waals surface area contributed by atoms with Gasteiger partial charge in [-0.25, -0.2) is 4.98 Å². The minimum Gasteiger partial charge on any atom is -0.351 e. The Morgan fingerprint density at radius 3 is 2.95 bits per heavy atom. The lowest BCUT2D eigenvalue weighted by Crippen LogP contribution is -2.24. The number of amides is 1. The molecule has 0 atom stereocenters. The normalized spacial score (nSPS) is 10.5. The van der Waals surface area contributed by atoms with Gasteiger partial charge in [0, 0.05) is 24.5 Å². The first kappa shape index (κ1) is 14.7. The van der Waals surface area contributed by atoms with Gasteiger partial charge >= 0.3 is 0 Å². The number of hydrogen-bond donors (Lipinski definition) is 1. The summed E-state index contributed by atoms with van der Waals surface area (Å²) >= 11 is 1.42. The van der Waals surface area contributed by atoms with Crippen LogP contribution in [-0.2, 0) is 0 Å². The first-order valence-corrected chi connectivity index (χ1v) is 7.70. The number of aromatic nitrogens is 2. The summed E-state index contributed by atoms with van der Waals surface area (Å²) in [6, 6.07) is 3.82. The van der Waals surface area contributed by atoms with Gasteiger partial charge in [-0.05, 0) is 25.5 Å². The molecule has 0 aliphatic heterocycles. The maximum atomic E-state index is 12.1. The van der Waals surface area contributed by atoms with Gasteiger partial charge in [-0.1, -0.05) is 19.8 Å². The van der Waals surface area contributed by atoms with E-state index >= 15 is 0 Å². The molecule has 20 heavy (non-hydrogen) atoms. The highest BCUT2D eigenvalue weighted by molar-refractivity contribution is 7.17. The summed E-state index contributed by atoms with van der Waals surface area (Å²) < 4.78 is 0. The predicted molar refractivity (Wildman–Crippen MR) is 81.9 cm³/mol. The molecule has 0 saturated carbocycles. The fraction of sp³-hybridized carbons (Fsp3) is 0.400. The Morgan fingerprint density at radius 1 is 1.40 bits per heavy atom. The first-order valence-electron chi connectivity index (χ1n) is 6.88. The van der Waals surface area contributed by atoms with Crippen molar-refractivity contribution in [3.05, 3.63) is 35.1 Å². The van der Waals surface area contributed by atoms with Crippen LogP contribution in [0.1, 0.15) is 41.6 Å². The molecule has 1 N–H and O–H groups in total. The number of hydrogen-bond acceptors (Lipinski definition) is 4. The Morgan fingerprint density at radius 2 is 2.25 bits per heavy atom. The van der Waals surface area contributed by atoms with Crippen molar-refractivity contribution in [1.29, 1.82) is 0 Å². The van der Waals surface area contributed by atoms with Crippen LogP contribution in [0.25, 0.3) is 10.6 Å². The van der Waals surface area contributed by atoms with Crippen molar-refractivity contribution in [2.75, 3.05) is 6.54 Å². The van der Waals surface area contributed by atoms with Crippen LogP contribution in [0, 0.1) is 6.92 Å². The minimum atomic E-state index is -0.0220. The van der Waals surface area contributed by atoms with Gasteiger partial charge in [0.2, 0.25) is 0 Å². The smallest absolute Gasteiger partial charge is 0.263 e. The van der Waals surface area contributed by atoms with Crippen LogP contribution in [-0.4, -0.2) is 22.4 Å². The molecule has 0 saturated heterocycles. The lowest BCUT2D eigenvalue weighted by Gasteiger charge is -2.02. The van der Waals surface area contributed by atoms with E-state index in [4.69, 9.17) is 0 Å². The second-order valence-electron chi connectivity index (χ2n) is 4.64. The van der Waals surface area contributed by atoms with Crippen LogP contribution in [0.5, 0.6) is 0 Å². The number of unbranched alkanes of at least 4 members (excludes halogenated alkanes) is 2. The Hall–Kier alpha value is -1.75. The number of nitrogens with zero attached hydrogens (tertiary/aromatic N) is 2. The number of pyridine rings is 1. The molecular weight excluding hydrogens is 270 g/mol. The first-order chi connectivity index (χ1) is 9.72. The molecule has 0 unspecified atom stereocenters. The van der Waals surface area contributed by atoms with Crippen LogP contribution in [0.4, 0.5) is 0 Å². The summed E-state index contributed by atoms with van der Waals surface area (Å²) in [5.74, 6) is -0.0220. The average molecular weight is 289 g/mol. The van der Waals surface area contributed by atoms with Gasteiger partial charge in [-0.3, -0.25) is 9.78 Å². The quantitative estimate of drug-likeness (QED) is 0.829. The zero-order chi connectivity index (χ0) is 14.4. The highest BCUT2D eigenvalue weighted by atomic mass is 32.1. The molecule has 0 aromatic carbocycles. The van der Waals surface area contributed by atoms with Crippen molar-refractivity contribution in [2.24, 2.45) is 0 Å². The third kappa shape index (κ3) is 3.63. The molecule has 2 rings (SSSR count). The zero-order valence-corrected chi connectivity index (χ0v) is 12.7. The third-order valence-electron chi connectivity index (χ3n) is 2.98. The molecule has 2 aromatic rings. The zero-order valence-electron chi connectivity index (χ0n) is 11.8. The molecule has 0 aliphatic rings. The molecule has 5 heteroatoms. The number of nitrogens with one attached hydrogen (secondary N) is 1.